The van der Waals surface area contributed by atoms with E-state index >= 15 is 0 Å². The Labute approximate surface area is 127 Å². The van der Waals surface area contributed by atoms with Crippen molar-refractivity contribution in [2.45, 2.75) is 51.9 Å². The molecule has 2 aliphatic heterocycles. The number of carbonyl (C=O) groups is 2. The molecule has 2 rings (SSSR count). The van der Waals surface area contributed by atoms with Crippen molar-refractivity contribution in [1.29, 1.82) is 0 Å². The summed E-state index contributed by atoms with van der Waals surface area (Å²) in [6, 6.07) is 0. The maximum atomic E-state index is 13.0. The Morgan fingerprint density at radius 1 is 1.33 bits per heavy atom. The molecular weight excluding hydrogens is 266 g/mol. The molecule has 2 aliphatic rings. The minimum absolute atomic E-state index is 0.191. The molecule has 5 heteroatoms. The van der Waals surface area contributed by atoms with Crippen LogP contribution in [0.5, 0.6) is 0 Å². The lowest BCUT2D eigenvalue weighted by atomic mass is 9.75. The molecule has 0 spiro atoms. The summed E-state index contributed by atoms with van der Waals surface area (Å²) in [5.74, 6) is 0.464. The van der Waals surface area contributed by atoms with Crippen LogP contribution in [0.25, 0.3) is 0 Å². The van der Waals surface area contributed by atoms with Crippen LogP contribution in [0.4, 0.5) is 0 Å². The first-order valence-corrected chi connectivity index (χ1v) is 8.36. The van der Waals surface area contributed by atoms with Gasteiger partial charge in [-0.2, -0.15) is 0 Å². The van der Waals surface area contributed by atoms with Crippen molar-refractivity contribution in [2.24, 2.45) is 17.1 Å². The van der Waals surface area contributed by atoms with Gasteiger partial charge in [0.15, 0.2) is 0 Å². The molecule has 2 saturated heterocycles. The van der Waals surface area contributed by atoms with Crippen molar-refractivity contribution in [3.05, 3.63) is 0 Å². The summed E-state index contributed by atoms with van der Waals surface area (Å²) in [7, 11) is 0. The van der Waals surface area contributed by atoms with Crippen LogP contribution in [-0.4, -0.2) is 42.9 Å². The Kier molecular flexibility index (Phi) is 5.62. The van der Waals surface area contributed by atoms with Gasteiger partial charge in [0.05, 0.1) is 5.41 Å². The zero-order chi connectivity index (χ0) is 15.3. The summed E-state index contributed by atoms with van der Waals surface area (Å²) in [5, 5.41) is 3.41. The number of carbonyl (C=O) groups excluding carboxylic acids is 2. The summed E-state index contributed by atoms with van der Waals surface area (Å²) in [4.78, 5) is 26.0. The summed E-state index contributed by atoms with van der Waals surface area (Å²) in [5.41, 5.74) is 5.08. The molecule has 21 heavy (non-hydrogen) atoms. The number of primary amides is 1. The molecule has 0 aliphatic carbocycles. The van der Waals surface area contributed by atoms with Crippen molar-refractivity contribution in [3.63, 3.8) is 0 Å². The van der Waals surface area contributed by atoms with Gasteiger partial charge in [0.2, 0.25) is 11.8 Å². The zero-order valence-electron chi connectivity index (χ0n) is 13.2. The van der Waals surface area contributed by atoms with Gasteiger partial charge in [0.25, 0.3) is 0 Å². The lowest BCUT2D eigenvalue weighted by Crippen LogP contribution is -2.53. The molecule has 0 aromatic carbocycles. The maximum absolute atomic E-state index is 13.0. The lowest BCUT2D eigenvalue weighted by Gasteiger charge is -2.42. The van der Waals surface area contributed by atoms with Crippen molar-refractivity contribution < 1.29 is 9.59 Å². The van der Waals surface area contributed by atoms with Crippen LogP contribution >= 0.6 is 0 Å². The predicted molar refractivity (Wildman–Crippen MR) is 82.6 cm³/mol. The predicted octanol–water partition coefficient (Wildman–Crippen LogP) is 1.27. The van der Waals surface area contributed by atoms with Crippen LogP contribution < -0.4 is 11.1 Å². The van der Waals surface area contributed by atoms with E-state index in [9.17, 15) is 9.59 Å². The van der Waals surface area contributed by atoms with Crippen molar-refractivity contribution >= 4 is 11.8 Å². The Bertz CT molecular complexity index is 364. The zero-order valence-corrected chi connectivity index (χ0v) is 13.2. The van der Waals surface area contributed by atoms with E-state index in [1.54, 1.807) is 0 Å². The van der Waals surface area contributed by atoms with Crippen molar-refractivity contribution in [2.75, 3.05) is 26.2 Å². The Hall–Kier alpha value is -1.10. The number of nitrogens with zero attached hydrogens (tertiary/aromatic N) is 1. The van der Waals surface area contributed by atoms with E-state index in [-0.39, 0.29) is 11.3 Å². The van der Waals surface area contributed by atoms with E-state index in [1.165, 1.54) is 0 Å². The lowest BCUT2D eigenvalue weighted by molar-refractivity contribution is -0.145. The topological polar surface area (TPSA) is 75.4 Å². The van der Waals surface area contributed by atoms with Gasteiger partial charge in [-0.05, 0) is 44.6 Å². The third kappa shape index (κ3) is 3.96. The number of piperidine rings is 2. The minimum atomic E-state index is -0.223. The number of nitrogens with one attached hydrogen (secondary N) is 1. The molecule has 2 amide bonds. The number of likely N-dealkylation sites (tertiary alicyclic amines) is 1. The molecule has 0 bridgehead atoms. The molecular formula is C16H29N3O2. The Balaban J connectivity index is 1.94. The van der Waals surface area contributed by atoms with E-state index < -0.39 is 0 Å². The van der Waals surface area contributed by atoms with Gasteiger partial charge in [-0.3, -0.25) is 9.59 Å². The first kappa shape index (κ1) is 16.3. The molecule has 2 fully saturated rings. The molecule has 2 heterocycles. The molecule has 5 nitrogen and oxygen atoms in total. The maximum Gasteiger partial charge on any atom is 0.230 e. The average molecular weight is 295 g/mol. The van der Waals surface area contributed by atoms with Crippen molar-refractivity contribution in [3.8, 4) is 0 Å². The number of rotatable bonds is 5. The van der Waals surface area contributed by atoms with Gasteiger partial charge in [0.1, 0.15) is 0 Å². The van der Waals surface area contributed by atoms with Crippen LogP contribution in [0.15, 0.2) is 0 Å². The van der Waals surface area contributed by atoms with E-state index in [1.807, 2.05) is 4.90 Å². The van der Waals surface area contributed by atoms with Gasteiger partial charge in [-0.25, -0.2) is 0 Å². The second kappa shape index (κ2) is 7.25. The van der Waals surface area contributed by atoms with E-state index in [2.05, 4.69) is 12.2 Å². The summed E-state index contributed by atoms with van der Waals surface area (Å²) in [6.07, 6.45) is 6.39. The SMILES string of the molecule is CCCC1(C(=O)N2CCC(CC(N)=O)CC2)CCCNC1. The highest BCUT2D eigenvalue weighted by atomic mass is 16.2. The van der Waals surface area contributed by atoms with Crippen molar-refractivity contribution in [1.82, 2.24) is 10.2 Å². The fourth-order valence-corrected chi connectivity index (χ4v) is 3.91. The highest BCUT2D eigenvalue weighted by Crippen LogP contribution is 2.35. The number of nitrogens with two attached hydrogens (primary N) is 1. The molecule has 0 aromatic rings. The molecule has 1 unspecified atom stereocenters. The standard InChI is InChI=1S/C16H29N3O2/c1-2-6-16(7-3-8-18-12-16)15(21)19-9-4-13(5-10-19)11-14(17)20/h13,18H,2-12H2,1H3,(H2,17,20). The molecule has 0 saturated carbocycles. The van der Waals surface area contributed by atoms with Crippen LogP contribution in [-0.2, 0) is 9.59 Å². The highest BCUT2D eigenvalue weighted by Gasteiger charge is 2.42. The first-order valence-electron chi connectivity index (χ1n) is 8.36. The minimum Gasteiger partial charge on any atom is -0.370 e. The quantitative estimate of drug-likeness (QED) is 0.802. The van der Waals surface area contributed by atoms with Crippen LogP contribution in [0.2, 0.25) is 0 Å². The second-order valence-corrected chi connectivity index (χ2v) is 6.72. The van der Waals surface area contributed by atoms with Gasteiger partial charge in [0, 0.05) is 26.1 Å². The fourth-order valence-electron chi connectivity index (χ4n) is 3.91. The average Bonchev–Trinajstić information content (AvgIpc) is 2.48. The molecule has 3 N–H and O–H groups in total. The second-order valence-electron chi connectivity index (χ2n) is 6.72. The Morgan fingerprint density at radius 2 is 2.05 bits per heavy atom. The number of hydrogen-bond acceptors (Lipinski definition) is 3. The van der Waals surface area contributed by atoms with Crippen LogP contribution in [0.3, 0.4) is 0 Å². The normalized spacial score (nSPS) is 27.6. The molecule has 1 atom stereocenters. The van der Waals surface area contributed by atoms with E-state index in [0.717, 1.165) is 64.7 Å². The summed E-state index contributed by atoms with van der Waals surface area (Å²) >= 11 is 0. The van der Waals surface area contributed by atoms with Crippen LogP contribution in [0, 0.1) is 11.3 Å². The summed E-state index contributed by atoms with van der Waals surface area (Å²) in [6.45, 7) is 5.56. The Morgan fingerprint density at radius 3 is 2.57 bits per heavy atom. The first-order chi connectivity index (χ1) is 10.1. The highest BCUT2D eigenvalue weighted by molar-refractivity contribution is 5.83. The third-order valence-corrected chi connectivity index (χ3v) is 5.05. The smallest absolute Gasteiger partial charge is 0.230 e. The molecule has 0 radical (unpaired) electrons. The van der Waals surface area contributed by atoms with Gasteiger partial charge in [-0.1, -0.05) is 13.3 Å². The molecule has 120 valence electrons. The van der Waals surface area contributed by atoms with Gasteiger partial charge < -0.3 is 16.0 Å². The molecule has 0 aromatic heterocycles. The van der Waals surface area contributed by atoms with E-state index in [0.29, 0.717) is 18.2 Å². The monoisotopic (exact) mass is 295 g/mol. The van der Waals surface area contributed by atoms with Gasteiger partial charge in [-0.15, -0.1) is 0 Å². The van der Waals surface area contributed by atoms with E-state index in [4.69, 9.17) is 5.73 Å². The van der Waals surface area contributed by atoms with Crippen LogP contribution in [0.1, 0.15) is 51.9 Å². The fraction of sp³-hybridized carbons (Fsp3) is 0.875. The largest absolute Gasteiger partial charge is 0.370 e. The van der Waals surface area contributed by atoms with Gasteiger partial charge >= 0.3 is 0 Å². The summed E-state index contributed by atoms with van der Waals surface area (Å²) < 4.78 is 0. The number of hydrogen-bond donors (Lipinski definition) is 2. The third-order valence-electron chi connectivity index (χ3n) is 5.05. The number of amides is 2.